The van der Waals surface area contributed by atoms with E-state index in [1.165, 1.54) is 0 Å². The molecule has 0 saturated heterocycles. The molecule has 0 heterocycles. The third-order valence-electron chi connectivity index (χ3n) is 3.63. The molecule has 0 unspecified atom stereocenters. The van der Waals surface area contributed by atoms with E-state index in [4.69, 9.17) is 0 Å². The molecule has 2 aromatic carbocycles. The van der Waals surface area contributed by atoms with E-state index >= 15 is 0 Å². The van der Waals surface area contributed by atoms with Gasteiger partial charge in [0.15, 0.2) is 5.78 Å². The van der Waals surface area contributed by atoms with Gasteiger partial charge in [0.2, 0.25) is 0 Å². The van der Waals surface area contributed by atoms with Gasteiger partial charge in [0.25, 0.3) is 0 Å². The molecular formula is C20H15BrN2O. The lowest BCUT2D eigenvalue weighted by atomic mass is 9.87. The number of Topliss-reactive ketones (excluding diaryl/α,β-unsaturated/α-hetero) is 1. The van der Waals surface area contributed by atoms with Crippen LogP contribution in [0.15, 0.2) is 65.1 Å². The first kappa shape index (κ1) is 17.7. The van der Waals surface area contributed by atoms with E-state index in [2.05, 4.69) is 15.9 Å². The molecule has 1 atom stereocenters. The number of halogens is 1. The lowest BCUT2D eigenvalue weighted by Crippen LogP contribution is -2.14. The van der Waals surface area contributed by atoms with Gasteiger partial charge >= 0.3 is 0 Å². The molecule has 0 N–H and O–H groups in total. The molecule has 0 amide bonds. The van der Waals surface area contributed by atoms with Gasteiger partial charge in [-0.15, -0.1) is 0 Å². The van der Waals surface area contributed by atoms with Gasteiger partial charge in [-0.3, -0.25) is 4.79 Å². The number of carbonyl (C=O) groups excluding carboxylic acids is 1. The first-order valence-electron chi connectivity index (χ1n) is 7.45. The third-order valence-corrected chi connectivity index (χ3v) is 4.16. The van der Waals surface area contributed by atoms with E-state index in [1.54, 1.807) is 30.3 Å². The SMILES string of the molecule is N#CC(C#N)[C@H](/C=C/c1ccccc1)CC(=O)c1ccc(Br)cc1. The minimum absolute atomic E-state index is 0.0827. The fourth-order valence-corrected chi connectivity index (χ4v) is 2.55. The Kier molecular flexibility index (Phi) is 6.49. The molecule has 3 nitrogen and oxygen atoms in total. The van der Waals surface area contributed by atoms with Crippen LogP contribution >= 0.6 is 15.9 Å². The van der Waals surface area contributed by atoms with E-state index in [0.29, 0.717) is 5.56 Å². The van der Waals surface area contributed by atoms with Crippen molar-refractivity contribution in [1.29, 1.82) is 10.5 Å². The molecule has 0 aliphatic carbocycles. The van der Waals surface area contributed by atoms with Gasteiger partial charge < -0.3 is 0 Å². The number of carbonyl (C=O) groups is 1. The molecule has 0 aromatic heterocycles. The molecule has 2 aromatic rings. The number of hydrogen-bond donors (Lipinski definition) is 0. The van der Waals surface area contributed by atoms with Crippen molar-refractivity contribution in [3.63, 3.8) is 0 Å². The molecule has 0 saturated carbocycles. The fourth-order valence-electron chi connectivity index (χ4n) is 2.28. The zero-order chi connectivity index (χ0) is 17.4. The highest BCUT2D eigenvalue weighted by Crippen LogP contribution is 2.22. The number of rotatable bonds is 6. The maximum Gasteiger partial charge on any atom is 0.163 e. The van der Waals surface area contributed by atoms with E-state index in [1.807, 2.05) is 48.5 Å². The van der Waals surface area contributed by atoms with Crippen molar-refractivity contribution in [1.82, 2.24) is 0 Å². The van der Waals surface area contributed by atoms with Crippen molar-refractivity contribution in [2.75, 3.05) is 0 Å². The predicted molar refractivity (Wildman–Crippen MR) is 96.8 cm³/mol. The van der Waals surface area contributed by atoms with Gasteiger partial charge in [-0.05, 0) is 17.7 Å². The monoisotopic (exact) mass is 378 g/mol. The highest BCUT2D eigenvalue weighted by atomic mass is 79.9. The Balaban J connectivity index is 2.19. The average Bonchev–Trinajstić information content (AvgIpc) is 2.61. The van der Waals surface area contributed by atoms with Crippen molar-refractivity contribution in [2.24, 2.45) is 11.8 Å². The van der Waals surface area contributed by atoms with Crippen LogP contribution in [-0.4, -0.2) is 5.78 Å². The smallest absolute Gasteiger partial charge is 0.163 e. The van der Waals surface area contributed by atoms with Gasteiger partial charge in [0.1, 0.15) is 5.92 Å². The predicted octanol–water partition coefficient (Wildman–Crippen LogP) is 5.01. The van der Waals surface area contributed by atoms with E-state index in [0.717, 1.165) is 10.0 Å². The lowest BCUT2D eigenvalue weighted by Gasteiger charge is -2.12. The molecule has 0 bridgehead atoms. The van der Waals surface area contributed by atoms with Gasteiger partial charge in [-0.1, -0.05) is 70.5 Å². The molecule has 0 aliphatic heterocycles. The zero-order valence-electron chi connectivity index (χ0n) is 12.9. The van der Waals surface area contributed by atoms with Crippen LogP contribution < -0.4 is 0 Å². The quantitative estimate of drug-likeness (QED) is 0.663. The van der Waals surface area contributed by atoms with Crippen molar-refractivity contribution in [3.8, 4) is 12.1 Å². The van der Waals surface area contributed by atoms with Crippen LogP contribution in [0.25, 0.3) is 6.08 Å². The Morgan fingerprint density at radius 3 is 2.25 bits per heavy atom. The van der Waals surface area contributed by atoms with E-state index in [-0.39, 0.29) is 12.2 Å². The maximum atomic E-state index is 12.4. The second kappa shape index (κ2) is 8.82. The molecule has 0 radical (unpaired) electrons. The van der Waals surface area contributed by atoms with E-state index < -0.39 is 11.8 Å². The molecule has 2 rings (SSSR count). The maximum absolute atomic E-state index is 12.4. The Morgan fingerprint density at radius 2 is 1.67 bits per heavy atom. The summed E-state index contributed by atoms with van der Waals surface area (Å²) >= 11 is 3.33. The lowest BCUT2D eigenvalue weighted by molar-refractivity contribution is 0.0966. The number of ketones is 1. The standard InChI is InChI=1S/C20H15BrN2O/c21-19-10-8-16(9-11-19)20(24)12-17(18(13-22)14-23)7-6-15-4-2-1-3-5-15/h1-11,17-18H,12H2/b7-6+/t17-/m1/s1. The second-order valence-corrected chi connectivity index (χ2v) is 6.22. The number of nitrogens with zero attached hydrogens (tertiary/aromatic N) is 2. The van der Waals surface area contributed by atoms with Crippen LogP contribution in [0, 0.1) is 34.5 Å². The van der Waals surface area contributed by atoms with Crippen LogP contribution in [0.4, 0.5) is 0 Å². The second-order valence-electron chi connectivity index (χ2n) is 5.30. The molecule has 0 fully saturated rings. The fraction of sp³-hybridized carbons (Fsp3) is 0.150. The molecular weight excluding hydrogens is 364 g/mol. The van der Waals surface area contributed by atoms with Crippen LogP contribution in [-0.2, 0) is 0 Å². The minimum atomic E-state index is -0.857. The average molecular weight is 379 g/mol. The summed E-state index contributed by atoms with van der Waals surface area (Å²) < 4.78 is 0.895. The van der Waals surface area contributed by atoms with Gasteiger partial charge in [-0.25, -0.2) is 0 Å². The Hall–Kier alpha value is -2.69. The van der Waals surface area contributed by atoms with Gasteiger partial charge in [-0.2, -0.15) is 10.5 Å². The number of hydrogen-bond acceptors (Lipinski definition) is 3. The van der Waals surface area contributed by atoms with Crippen molar-refractivity contribution in [3.05, 3.63) is 76.3 Å². The van der Waals surface area contributed by atoms with Crippen LogP contribution in [0.3, 0.4) is 0 Å². The minimum Gasteiger partial charge on any atom is -0.294 e. The summed E-state index contributed by atoms with van der Waals surface area (Å²) in [5, 5.41) is 18.4. The highest BCUT2D eigenvalue weighted by molar-refractivity contribution is 9.10. The van der Waals surface area contributed by atoms with Crippen molar-refractivity contribution >= 4 is 27.8 Å². The highest BCUT2D eigenvalue weighted by Gasteiger charge is 2.22. The Labute approximate surface area is 150 Å². The van der Waals surface area contributed by atoms with E-state index in [9.17, 15) is 15.3 Å². The molecule has 4 heteroatoms. The number of allylic oxidation sites excluding steroid dienone is 1. The summed E-state index contributed by atoms with van der Waals surface area (Å²) in [6.07, 6.45) is 3.75. The molecule has 0 aliphatic rings. The Bertz CT molecular complexity index is 784. The topological polar surface area (TPSA) is 64.7 Å². The largest absolute Gasteiger partial charge is 0.294 e. The summed E-state index contributed by atoms with van der Waals surface area (Å²) in [6.45, 7) is 0. The number of benzene rings is 2. The molecule has 0 spiro atoms. The summed E-state index contributed by atoms with van der Waals surface area (Å²) in [6, 6.07) is 20.6. The first-order valence-corrected chi connectivity index (χ1v) is 8.24. The summed E-state index contributed by atoms with van der Waals surface area (Å²) in [5.41, 5.74) is 1.54. The summed E-state index contributed by atoms with van der Waals surface area (Å²) in [7, 11) is 0. The Morgan fingerprint density at radius 1 is 1.04 bits per heavy atom. The van der Waals surface area contributed by atoms with Crippen LogP contribution in [0.2, 0.25) is 0 Å². The first-order chi connectivity index (χ1) is 11.6. The van der Waals surface area contributed by atoms with Crippen LogP contribution in [0.1, 0.15) is 22.3 Å². The zero-order valence-corrected chi connectivity index (χ0v) is 14.5. The summed E-state index contributed by atoms with van der Waals surface area (Å²) in [5.74, 6) is -1.39. The van der Waals surface area contributed by atoms with Gasteiger partial charge in [0, 0.05) is 22.4 Å². The van der Waals surface area contributed by atoms with Crippen molar-refractivity contribution in [2.45, 2.75) is 6.42 Å². The normalized spacial score (nSPS) is 11.8. The van der Waals surface area contributed by atoms with Crippen LogP contribution in [0.5, 0.6) is 0 Å². The third kappa shape index (κ3) is 4.91. The van der Waals surface area contributed by atoms with Crippen molar-refractivity contribution < 1.29 is 4.79 Å². The molecule has 24 heavy (non-hydrogen) atoms. The number of nitriles is 2. The summed E-state index contributed by atoms with van der Waals surface area (Å²) in [4.78, 5) is 12.4. The molecule has 118 valence electrons. The van der Waals surface area contributed by atoms with Gasteiger partial charge in [0.05, 0.1) is 12.1 Å².